The second kappa shape index (κ2) is 7.62. The van der Waals surface area contributed by atoms with Gasteiger partial charge in [-0.05, 0) is 36.1 Å². The number of rotatable bonds is 4. The Kier molecular flexibility index (Phi) is 5.05. The first-order valence-corrected chi connectivity index (χ1v) is 10.0. The first-order valence-electron chi connectivity index (χ1n) is 8.66. The smallest absolute Gasteiger partial charge is 0.230 e. The topological polar surface area (TPSA) is 53.5 Å². The molecule has 4 nitrogen and oxygen atoms in total. The lowest BCUT2D eigenvalue weighted by Crippen LogP contribution is -2.29. The van der Waals surface area contributed by atoms with Crippen LogP contribution in [-0.2, 0) is 4.79 Å². The van der Waals surface area contributed by atoms with Crippen molar-refractivity contribution in [3.8, 4) is 0 Å². The molecular formula is C21H18ClN3OS. The first kappa shape index (κ1) is 17.9. The van der Waals surface area contributed by atoms with Crippen molar-refractivity contribution in [2.75, 3.05) is 11.1 Å². The van der Waals surface area contributed by atoms with Crippen LogP contribution in [0.15, 0.2) is 65.7 Å². The van der Waals surface area contributed by atoms with Crippen molar-refractivity contribution >= 4 is 56.6 Å². The van der Waals surface area contributed by atoms with Crippen LogP contribution >= 0.6 is 23.4 Å². The summed E-state index contributed by atoms with van der Waals surface area (Å²) in [5.74, 6) is 0.215. The minimum Gasteiger partial charge on any atom is -0.349 e. The number of thioether (sulfide) groups is 1. The Bertz CT molecular complexity index is 1050. The highest BCUT2D eigenvalue weighted by molar-refractivity contribution is 8.14. The summed E-state index contributed by atoms with van der Waals surface area (Å²) in [7, 11) is 0. The fourth-order valence-electron chi connectivity index (χ4n) is 3.16. The van der Waals surface area contributed by atoms with E-state index in [2.05, 4.69) is 27.8 Å². The molecule has 1 aliphatic heterocycles. The molecule has 1 amide bonds. The first-order chi connectivity index (χ1) is 13.1. The van der Waals surface area contributed by atoms with Gasteiger partial charge in [-0.15, -0.1) is 0 Å². The molecule has 27 heavy (non-hydrogen) atoms. The molecule has 3 aromatic carbocycles. The van der Waals surface area contributed by atoms with Crippen LogP contribution in [0.3, 0.4) is 0 Å². The maximum atomic E-state index is 12.4. The van der Waals surface area contributed by atoms with Crippen molar-refractivity contribution in [1.29, 1.82) is 0 Å². The van der Waals surface area contributed by atoms with Crippen LogP contribution < -0.4 is 10.6 Å². The van der Waals surface area contributed by atoms with Crippen LogP contribution in [0.4, 0.5) is 11.4 Å². The van der Waals surface area contributed by atoms with Gasteiger partial charge in [0.2, 0.25) is 5.91 Å². The maximum absolute atomic E-state index is 12.4. The van der Waals surface area contributed by atoms with Gasteiger partial charge in [-0.2, -0.15) is 0 Å². The summed E-state index contributed by atoms with van der Waals surface area (Å²) >= 11 is 7.59. The van der Waals surface area contributed by atoms with E-state index in [-0.39, 0.29) is 17.7 Å². The zero-order chi connectivity index (χ0) is 18.8. The SMILES string of the molecule is C[C@H](NC(=O)CSC1=Nc2cccc3cccc(c23)N1)c1ccccc1Cl. The third kappa shape index (κ3) is 3.80. The maximum Gasteiger partial charge on any atom is 0.230 e. The van der Waals surface area contributed by atoms with E-state index in [1.54, 1.807) is 0 Å². The number of carbonyl (C=O) groups excluding carboxylic acids is 1. The van der Waals surface area contributed by atoms with Gasteiger partial charge in [-0.3, -0.25) is 4.79 Å². The molecule has 0 unspecified atom stereocenters. The minimum atomic E-state index is -0.150. The van der Waals surface area contributed by atoms with Crippen LogP contribution in [0.2, 0.25) is 5.02 Å². The summed E-state index contributed by atoms with van der Waals surface area (Å²) in [5.41, 5.74) is 2.85. The van der Waals surface area contributed by atoms with Crippen LogP contribution in [0, 0.1) is 0 Å². The summed E-state index contributed by atoms with van der Waals surface area (Å²) in [6.07, 6.45) is 0. The summed E-state index contributed by atoms with van der Waals surface area (Å²) in [6.45, 7) is 1.93. The molecule has 0 spiro atoms. The summed E-state index contributed by atoms with van der Waals surface area (Å²) in [5, 5.41) is 9.95. The standard InChI is InChI=1S/C21H18ClN3OS/c1-13(15-8-2-3-9-16(15)22)23-19(26)12-27-21-24-17-10-4-6-14-7-5-11-18(25-21)20(14)17/h2-11,13H,12H2,1H3,(H,23,26)(H,24,25)/t13-/m0/s1. The third-order valence-corrected chi connectivity index (χ3v) is 5.65. The zero-order valence-corrected chi connectivity index (χ0v) is 16.3. The van der Waals surface area contributed by atoms with Gasteiger partial charge in [0.05, 0.1) is 23.2 Å². The lowest BCUT2D eigenvalue weighted by molar-refractivity contribution is -0.119. The summed E-state index contributed by atoms with van der Waals surface area (Å²) < 4.78 is 0. The van der Waals surface area contributed by atoms with E-state index >= 15 is 0 Å². The molecule has 0 radical (unpaired) electrons. The number of aliphatic imine (C=N–C) groups is 1. The molecular weight excluding hydrogens is 378 g/mol. The van der Waals surface area contributed by atoms with E-state index in [9.17, 15) is 4.79 Å². The number of benzene rings is 3. The van der Waals surface area contributed by atoms with Crippen molar-refractivity contribution < 1.29 is 4.79 Å². The summed E-state index contributed by atoms with van der Waals surface area (Å²) in [4.78, 5) is 17.0. The monoisotopic (exact) mass is 395 g/mol. The molecule has 1 heterocycles. The third-order valence-electron chi connectivity index (χ3n) is 4.44. The van der Waals surface area contributed by atoms with Crippen LogP contribution in [0.1, 0.15) is 18.5 Å². The number of nitrogens with one attached hydrogen (secondary N) is 2. The number of anilines is 1. The van der Waals surface area contributed by atoms with Crippen molar-refractivity contribution in [3.05, 3.63) is 71.2 Å². The predicted molar refractivity (Wildman–Crippen MR) is 115 cm³/mol. The van der Waals surface area contributed by atoms with Crippen molar-refractivity contribution in [1.82, 2.24) is 5.32 Å². The number of hydrogen-bond donors (Lipinski definition) is 2. The molecule has 3 aromatic rings. The Labute approximate surface area is 167 Å². The van der Waals surface area contributed by atoms with Gasteiger partial charge in [0.15, 0.2) is 5.17 Å². The van der Waals surface area contributed by atoms with Gasteiger partial charge in [-0.1, -0.05) is 65.8 Å². The second-order valence-electron chi connectivity index (χ2n) is 6.32. The van der Waals surface area contributed by atoms with E-state index < -0.39 is 0 Å². The normalized spacial score (nSPS) is 13.6. The lowest BCUT2D eigenvalue weighted by atomic mass is 10.1. The fraction of sp³-hybridized carbons (Fsp3) is 0.143. The molecule has 0 aliphatic carbocycles. The Morgan fingerprint density at radius 3 is 2.74 bits per heavy atom. The molecule has 0 fully saturated rings. The molecule has 4 rings (SSSR count). The fourth-order valence-corrected chi connectivity index (χ4v) is 4.16. The van der Waals surface area contributed by atoms with E-state index in [0.717, 1.165) is 32.9 Å². The van der Waals surface area contributed by atoms with E-state index in [1.807, 2.05) is 55.5 Å². The molecule has 6 heteroatoms. The predicted octanol–water partition coefficient (Wildman–Crippen LogP) is 5.52. The Balaban J connectivity index is 1.42. The van der Waals surface area contributed by atoms with E-state index in [1.165, 1.54) is 11.8 Å². The van der Waals surface area contributed by atoms with E-state index in [0.29, 0.717) is 5.02 Å². The Morgan fingerprint density at radius 2 is 1.93 bits per heavy atom. The number of amides is 1. The number of nitrogens with zero attached hydrogens (tertiary/aromatic N) is 1. The van der Waals surface area contributed by atoms with Gasteiger partial charge in [-0.25, -0.2) is 4.99 Å². The molecule has 1 aliphatic rings. The van der Waals surface area contributed by atoms with Gasteiger partial charge in [0.25, 0.3) is 0 Å². The van der Waals surface area contributed by atoms with Gasteiger partial charge in [0.1, 0.15) is 0 Å². The highest BCUT2D eigenvalue weighted by Crippen LogP contribution is 2.36. The number of hydrogen-bond acceptors (Lipinski definition) is 4. The molecule has 2 N–H and O–H groups in total. The summed E-state index contributed by atoms with van der Waals surface area (Å²) in [6, 6.07) is 19.6. The average Bonchev–Trinajstić information content (AvgIpc) is 2.67. The van der Waals surface area contributed by atoms with Crippen molar-refractivity contribution in [2.45, 2.75) is 13.0 Å². The largest absolute Gasteiger partial charge is 0.349 e. The Hall–Kier alpha value is -2.50. The lowest BCUT2D eigenvalue weighted by Gasteiger charge is -2.19. The molecule has 0 saturated heterocycles. The average molecular weight is 396 g/mol. The van der Waals surface area contributed by atoms with E-state index in [4.69, 9.17) is 11.6 Å². The second-order valence-corrected chi connectivity index (χ2v) is 7.69. The molecule has 0 bridgehead atoms. The van der Waals surface area contributed by atoms with Crippen LogP contribution in [0.5, 0.6) is 0 Å². The Morgan fingerprint density at radius 1 is 1.15 bits per heavy atom. The van der Waals surface area contributed by atoms with Crippen molar-refractivity contribution in [2.24, 2.45) is 4.99 Å². The van der Waals surface area contributed by atoms with Gasteiger partial charge < -0.3 is 10.6 Å². The van der Waals surface area contributed by atoms with Gasteiger partial charge in [0, 0.05) is 10.4 Å². The highest BCUT2D eigenvalue weighted by Gasteiger charge is 2.17. The van der Waals surface area contributed by atoms with Crippen LogP contribution in [0.25, 0.3) is 10.8 Å². The minimum absolute atomic E-state index is 0.0611. The number of amidine groups is 1. The van der Waals surface area contributed by atoms with Gasteiger partial charge >= 0.3 is 0 Å². The molecule has 1 atom stereocenters. The highest BCUT2D eigenvalue weighted by atomic mass is 35.5. The zero-order valence-electron chi connectivity index (χ0n) is 14.7. The molecule has 0 saturated carbocycles. The van der Waals surface area contributed by atoms with Crippen molar-refractivity contribution in [3.63, 3.8) is 0 Å². The number of carbonyl (C=O) groups is 1. The number of halogens is 1. The quantitative estimate of drug-likeness (QED) is 0.611. The van der Waals surface area contributed by atoms with Crippen LogP contribution in [-0.4, -0.2) is 16.8 Å². The molecule has 0 aromatic heterocycles. The molecule has 136 valence electrons.